The maximum Gasteiger partial charge on any atom is 0.384 e. The number of hydrogen-bond donors (Lipinski definition) is 1. The van der Waals surface area contributed by atoms with Crippen molar-refractivity contribution in [3.63, 3.8) is 0 Å². The lowest BCUT2D eigenvalue weighted by Crippen LogP contribution is -2.14. The molecule has 0 saturated heterocycles. The maximum atomic E-state index is 13.0. The molecule has 0 aliphatic heterocycles. The summed E-state index contributed by atoms with van der Waals surface area (Å²) in [5, 5.41) is 2.98. The Labute approximate surface area is 143 Å². The van der Waals surface area contributed by atoms with Crippen molar-refractivity contribution in [2.24, 2.45) is 0 Å². The van der Waals surface area contributed by atoms with Crippen LogP contribution < -0.4 is 10.8 Å². The Kier molecular flexibility index (Phi) is 5.03. The van der Waals surface area contributed by atoms with Crippen molar-refractivity contribution >= 4 is 18.9 Å². The van der Waals surface area contributed by atoms with Gasteiger partial charge in [0.1, 0.15) is 5.82 Å². The molecule has 3 rings (SSSR count). The topological polar surface area (TPSA) is 86.7 Å². The third-order valence-corrected chi connectivity index (χ3v) is 5.23. The molecule has 0 aliphatic rings. The smallest absolute Gasteiger partial charge is 0.384 e. The summed E-state index contributed by atoms with van der Waals surface area (Å²) in [6.45, 7) is 0.299. The standard InChI is InChI=1S/C16H16FN2O5P/c1-21-25(20,22-2)16-15(18-10-11-5-7-12(17)8-6-11)24-14(19-16)13-4-3-9-23-13/h3-9,18H,10H2,1-2H3. The summed E-state index contributed by atoms with van der Waals surface area (Å²) in [5.74, 6) is 0.306. The number of halogens is 1. The second-order valence-corrected chi connectivity index (χ2v) is 7.14. The first-order valence-electron chi connectivity index (χ1n) is 7.31. The summed E-state index contributed by atoms with van der Waals surface area (Å²) in [6, 6.07) is 9.28. The van der Waals surface area contributed by atoms with Gasteiger partial charge >= 0.3 is 7.60 Å². The predicted octanol–water partition coefficient (Wildman–Crippen LogP) is 3.80. The Morgan fingerprint density at radius 1 is 1.20 bits per heavy atom. The lowest BCUT2D eigenvalue weighted by Gasteiger charge is -2.12. The quantitative estimate of drug-likeness (QED) is 0.637. The first kappa shape index (κ1) is 17.4. The SMILES string of the molecule is COP(=O)(OC)c1nc(-c2ccco2)oc1NCc1ccc(F)cc1. The molecule has 0 bridgehead atoms. The van der Waals surface area contributed by atoms with E-state index in [0.29, 0.717) is 12.3 Å². The van der Waals surface area contributed by atoms with Crippen LogP contribution in [0, 0.1) is 5.82 Å². The van der Waals surface area contributed by atoms with Crippen molar-refractivity contribution < 1.29 is 26.8 Å². The lowest BCUT2D eigenvalue weighted by atomic mass is 10.2. The summed E-state index contributed by atoms with van der Waals surface area (Å²) < 4.78 is 46.6. The third-order valence-electron chi connectivity index (χ3n) is 3.45. The molecule has 2 heterocycles. The molecule has 0 saturated carbocycles. The number of oxazole rings is 1. The largest absolute Gasteiger partial charge is 0.459 e. The van der Waals surface area contributed by atoms with Gasteiger partial charge < -0.3 is 23.2 Å². The second kappa shape index (κ2) is 7.23. The van der Waals surface area contributed by atoms with Crippen molar-refractivity contribution in [3.05, 3.63) is 54.0 Å². The number of anilines is 1. The highest BCUT2D eigenvalue weighted by Crippen LogP contribution is 2.47. The monoisotopic (exact) mass is 366 g/mol. The van der Waals surface area contributed by atoms with Crippen LogP contribution in [0.25, 0.3) is 11.7 Å². The van der Waals surface area contributed by atoms with Crippen molar-refractivity contribution in [1.29, 1.82) is 0 Å². The molecule has 7 nitrogen and oxygen atoms in total. The Hall–Kier alpha value is -2.41. The zero-order chi connectivity index (χ0) is 17.9. The van der Waals surface area contributed by atoms with Gasteiger partial charge in [0.05, 0.1) is 6.26 Å². The number of nitrogens with one attached hydrogen (secondary N) is 1. The molecule has 25 heavy (non-hydrogen) atoms. The highest BCUT2D eigenvalue weighted by molar-refractivity contribution is 7.62. The van der Waals surface area contributed by atoms with Gasteiger partial charge in [0.25, 0.3) is 5.89 Å². The fourth-order valence-corrected chi connectivity index (χ4v) is 3.23. The molecule has 132 valence electrons. The van der Waals surface area contributed by atoms with Crippen LogP contribution in [0.4, 0.5) is 10.3 Å². The van der Waals surface area contributed by atoms with Gasteiger partial charge in [-0.3, -0.25) is 4.57 Å². The number of furan rings is 1. The van der Waals surface area contributed by atoms with E-state index in [1.807, 2.05) is 0 Å². The number of aromatic nitrogens is 1. The van der Waals surface area contributed by atoms with Crippen LogP contribution in [0.15, 0.2) is 51.5 Å². The summed E-state index contributed by atoms with van der Waals surface area (Å²) >= 11 is 0. The Morgan fingerprint density at radius 2 is 1.92 bits per heavy atom. The minimum Gasteiger partial charge on any atom is -0.459 e. The molecule has 0 unspecified atom stereocenters. The van der Waals surface area contributed by atoms with Crippen LogP contribution in [-0.4, -0.2) is 19.2 Å². The minimum atomic E-state index is -3.65. The number of hydrogen-bond acceptors (Lipinski definition) is 7. The highest BCUT2D eigenvalue weighted by atomic mass is 31.2. The van der Waals surface area contributed by atoms with Gasteiger partial charge in [0, 0.05) is 20.8 Å². The first-order chi connectivity index (χ1) is 12.1. The summed E-state index contributed by atoms with van der Waals surface area (Å²) in [6.07, 6.45) is 1.47. The van der Waals surface area contributed by atoms with Crippen LogP contribution in [-0.2, 0) is 20.2 Å². The van der Waals surface area contributed by atoms with Crippen LogP contribution in [0.1, 0.15) is 5.56 Å². The third kappa shape index (κ3) is 3.66. The van der Waals surface area contributed by atoms with Gasteiger partial charge in [0.15, 0.2) is 5.76 Å². The van der Waals surface area contributed by atoms with E-state index in [0.717, 1.165) is 5.56 Å². The molecular formula is C16H16FN2O5P. The molecule has 9 heteroatoms. The Morgan fingerprint density at radius 3 is 2.52 bits per heavy atom. The zero-order valence-corrected chi connectivity index (χ0v) is 14.5. The van der Waals surface area contributed by atoms with E-state index in [1.165, 1.54) is 32.6 Å². The van der Waals surface area contributed by atoms with E-state index < -0.39 is 7.60 Å². The first-order valence-corrected chi connectivity index (χ1v) is 8.85. The fraction of sp³-hybridized carbons (Fsp3) is 0.188. The highest BCUT2D eigenvalue weighted by Gasteiger charge is 2.34. The molecule has 3 aromatic rings. The summed E-state index contributed by atoms with van der Waals surface area (Å²) in [5.41, 5.74) is 0.805. The maximum absolute atomic E-state index is 13.0. The van der Waals surface area contributed by atoms with E-state index in [2.05, 4.69) is 10.3 Å². The van der Waals surface area contributed by atoms with E-state index in [1.54, 1.807) is 24.3 Å². The van der Waals surface area contributed by atoms with Crippen molar-refractivity contribution in [2.45, 2.75) is 6.54 Å². The van der Waals surface area contributed by atoms with Gasteiger partial charge in [-0.25, -0.2) is 4.39 Å². The summed E-state index contributed by atoms with van der Waals surface area (Å²) in [7, 11) is -1.13. The fourth-order valence-electron chi connectivity index (χ4n) is 2.15. The van der Waals surface area contributed by atoms with Crippen molar-refractivity contribution in [1.82, 2.24) is 4.98 Å². The number of nitrogens with zero attached hydrogens (tertiary/aromatic N) is 1. The van der Waals surface area contributed by atoms with Crippen LogP contribution in [0.2, 0.25) is 0 Å². The molecule has 1 N–H and O–H groups in total. The lowest BCUT2D eigenvalue weighted by molar-refractivity contribution is 0.286. The Bertz CT molecular complexity index is 869. The van der Waals surface area contributed by atoms with E-state index >= 15 is 0 Å². The molecule has 0 atom stereocenters. The normalized spacial score (nSPS) is 11.6. The van der Waals surface area contributed by atoms with Gasteiger partial charge in [-0.05, 0) is 29.8 Å². The molecule has 0 amide bonds. The average molecular weight is 366 g/mol. The van der Waals surface area contributed by atoms with E-state index in [-0.39, 0.29) is 23.0 Å². The summed E-state index contributed by atoms with van der Waals surface area (Å²) in [4.78, 5) is 4.20. The van der Waals surface area contributed by atoms with Crippen LogP contribution >= 0.6 is 7.60 Å². The molecule has 0 fully saturated rings. The second-order valence-electron chi connectivity index (χ2n) is 4.99. The predicted molar refractivity (Wildman–Crippen MR) is 89.2 cm³/mol. The molecule has 0 spiro atoms. The minimum absolute atomic E-state index is 0.00557. The molecule has 0 aliphatic carbocycles. The zero-order valence-electron chi connectivity index (χ0n) is 13.6. The van der Waals surface area contributed by atoms with Crippen molar-refractivity contribution in [2.75, 3.05) is 19.5 Å². The van der Waals surface area contributed by atoms with Gasteiger partial charge in [-0.15, -0.1) is 0 Å². The van der Waals surface area contributed by atoms with Crippen molar-refractivity contribution in [3.8, 4) is 11.7 Å². The average Bonchev–Trinajstić information content (AvgIpc) is 3.30. The van der Waals surface area contributed by atoms with E-state index in [9.17, 15) is 8.96 Å². The van der Waals surface area contributed by atoms with Crippen LogP contribution in [0.3, 0.4) is 0 Å². The molecule has 2 aromatic heterocycles. The van der Waals surface area contributed by atoms with Gasteiger partial charge in [-0.1, -0.05) is 12.1 Å². The molecule has 1 aromatic carbocycles. The van der Waals surface area contributed by atoms with Gasteiger partial charge in [0.2, 0.25) is 11.3 Å². The molecular weight excluding hydrogens is 350 g/mol. The van der Waals surface area contributed by atoms with E-state index in [4.69, 9.17) is 17.9 Å². The van der Waals surface area contributed by atoms with Crippen LogP contribution in [0.5, 0.6) is 0 Å². The molecule has 0 radical (unpaired) electrons. The Balaban J connectivity index is 1.93. The van der Waals surface area contributed by atoms with Gasteiger partial charge in [-0.2, -0.15) is 4.98 Å². The number of rotatable bonds is 7. The number of benzene rings is 1.